The number of piperidine rings is 1. The van der Waals surface area contributed by atoms with Gasteiger partial charge in [-0.05, 0) is 37.5 Å². The number of anilines is 1. The molecule has 30 heavy (non-hydrogen) atoms. The van der Waals surface area contributed by atoms with E-state index in [1.165, 1.54) is 0 Å². The van der Waals surface area contributed by atoms with E-state index in [1.807, 2.05) is 33.8 Å². The number of aliphatic imine (C=N–C) groups is 1. The summed E-state index contributed by atoms with van der Waals surface area (Å²) < 4.78 is 19.6. The molecule has 0 radical (unpaired) electrons. The molecule has 0 aliphatic carbocycles. The van der Waals surface area contributed by atoms with Gasteiger partial charge in [-0.3, -0.25) is 4.99 Å². The molecule has 166 valence electrons. The van der Waals surface area contributed by atoms with Crippen molar-refractivity contribution >= 4 is 35.6 Å². The van der Waals surface area contributed by atoms with Crippen LogP contribution in [0.3, 0.4) is 0 Å². The lowest BCUT2D eigenvalue weighted by atomic mass is 9.97. The summed E-state index contributed by atoms with van der Waals surface area (Å²) in [5.74, 6) is 1.69. The van der Waals surface area contributed by atoms with Gasteiger partial charge in [-0.1, -0.05) is 32.0 Å². The molecule has 0 amide bonds. The largest absolute Gasteiger partial charge is 0.367 e. The lowest BCUT2D eigenvalue weighted by Gasteiger charge is -2.35. The number of nitrogens with one attached hydrogen (secondary N) is 2. The maximum Gasteiger partial charge on any atom is 0.232 e. The molecule has 1 aliphatic heterocycles. The van der Waals surface area contributed by atoms with Crippen molar-refractivity contribution in [2.75, 3.05) is 25.0 Å². The molecule has 1 aromatic carbocycles. The van der Waals surface area contributed by atoms with Crippen LogP contribution in [0.2, 0.25) is 0 Å². The summed E-state index contributed by atoms with van der Waals surface area (Å²) in [6.45, 7) is 10.1. The SMILES string of the molecule is CN=C(NCc1noc(C(C)(C)C)n1)NC1CCCN(c2cc(C)ccc2F)C1.I. The summed E-state index contributed by atoms with van der Waals surface area (Å²) in [5.41, 5.74) is 1.55. The van der Waals surface area contributed by atoms with Crippen molar-refractivity contribution in [1.29, 1.82) is 0 Å². The first kappa shape index (κ1) is 24.4. The fourth-order valence-electron chi connectivity index (χ4n) is 3.36. The predicted molar refractivity (Wildman–Crippen MR) is 128 cm³/mol. The van der Waals surface area contributed by atoms with E-state index < -0.39 is 0 Å². The molecule has 1 unspecified atom stereocenters. The molecule has 1 aliphatic rings. The molecular formula is C21H32FIN6O. The quantitative estimate of drug-likeness (QED) is 0.356. The van der Waals surface area contributed by atoms with E-state index in [9.17, 15) is 4.39 Å². The van der Waals surface area contributed by atoms with Gasteiger partial charge in [0.25, 0.3) is 0 Å². The maximum atomic E-state index is 14.3. The van der Waals surface area contributed by atoms with E-state index >= 15 is 0 Å². The van der Waals surface area contributed by atoms with Gasteiger partial charge in [0, 0.05) is 31.6 Å². The van der Waals surface area contributed by atoms with Gasteiger partial charge in [-0.25, -0.2) is 4.39 Å². The summed E-state index contributed by atoms with van der Waals surface area (Å²) in [6.07, 6.45) is 1.99. The topological polar surface area (TPSA) is 78.6 Å². The van der Waals surface area contributed by atoms with Gasteiger partial charge in [0.1, 0.15) is 5.82 Å². The second-order valence-electron chi connectivity index (χ2n) is 8.58. The van der Waals surface area contributed by atoms with Crippen LogP contribution < -0.4 is 15.5 Å². The van der Waals surface area contributed by atoms with Crippen LogP contribution in [-0.2, 0) is 12.0 Å². The number of rotatable bonds is 4. The van der Waals surface area contributed by atoms with E-state index in [0.29, 0.717) is 29.9 Å². The molecule has 0 saturated carbocycles. The Hall–Kier alpha value is -1.91. The van der Waals surface area contributed by atoms with Crippen LogP contribution in [0, 0.1) is 12.7 Å². The monoisotopic (exact) mass is 530 g/mol. The third-order valence-electron chi connectivity index (χ3n) is 4.95. The standard InChI is InChI=1S/C21H31FN6O.HI/c1-14-8-9-16(22)17(11-14)28-10-6-7-15(13-28)25-20(23-5)24-12-18-26-19(29-27-18)21(2,3)4;/h8-9,11,15H,6-7,10,12-13H2,1-5H3,(H2,23,24,25);1H. The molecular weight excluding hydrogens is 498 g/mol. The van der Waals surface area contributed by atoms with E-state index in [0.717, 1.165) is 31.5 Å². The summed E-state index contributed by atoms with van der Waals surface area (Å²) in [5, 5.41) is 10.7. The van der Waals surface area contributed by atoms with Gasteiger partial charge in [-0.15, -0.1) is 24.0 Å². The molecule has 1 aromatic heterocycles. The Balaban J connectivity index is 0.00000320. The normalized spacial score (nSPS) is 17.5. The fourth-order valence-corrected chi connectivity index (χ4v) is 3.36. The molecule has 2 aromatic rings. The molecule has 0 bridgehead atoms. The number of guanidine groups is 1. The maximum absolute atomic E-state index is 14.3. The zero-order valence-electron chi connectivity index (χ0n) is 18.3. The van der Waals surface area contributed by atoms with Crippen molar-refractivity contribution < 1.29 is 8.91 Å². The second-order valence-corrected chi connectivity index (χ2v) is 8.58. The smallest absolute Gasteiger partial charge is 0.232 e. The Bertz CT molecular complexity index is 863. The fraction of sp³-hybridized carbons (Fsp3) is 0.571. The summed E-state index contributed by atoms with van der Waals surface area (Å²) >= 11 is 0. The van der Waals surface area contributed by atoms with Crippen molar-refractivity contribution in [3.05, 3.63) is 41.3 Å². The van der Waals surface area contributed by atoms with Crippen molar-refractivity contribution in [2.24, 2.45) is 4.99 Å². The van der Waals surface area contributed by atoms with Crippen molar-refractivity contribution in [1.82, 2.24) is 20.8 Å². The highest BCUT2D eigenvalue weighted by molar-refractivity contribution is 14.0. The average Bonchev–Trinajstić information content (AvgIpc) is 3.17. The van der Waals surface area contributed by atoms with Gasteiger partial charge in [-0.2, -0.15) is 4.98 Å². The van der Waals surface area contributed by atoms with E-state index in [-0.39, 0.29) is 41.3 Å². The van der Waals surface area contributed by atoms with Crippen molar-refractivity contribution in [3.63, 3.8) is 0 Å². The highest BCUT2D eigenvalue weighted by Crippen LogP contribution is 2.24. The highest BCUT2D eigenvalue weighted by Gasteiger charge is 2.24. The average molecular weight is 530 g/mol. The number of hydrogen-bond acceptors (Lipinski definition) is 5. The van der Waals surface area contributed by atoms with Crippen molar-refractivity contribution in [3.8, 4) is 0 Å². The number of aryl methyl sites for hydroxylation is 1. The lowest BCUT2D eigenvalue weighted by molar-refractivity contribution is 0.318. The minimum atomic E-state index is -0.179. The van der Waals surface area contributed by atoms with E-state index in [4.69, 9.17) is 4.52 Å². The molecule has 7 nitrogen and oxygen atoms in total. The molecule has 2 heterocycles. The van der Waals surface area contributed by atoms with Crippen molar-refractivity contribution in [2.45, 2.75) is 58.5 Å². The minimum absolute atomic E-state index is 0. The predicted octanol–water partition coefficient (Wildman–Crippen LogP) is 3.77. The van der Waals surface area contributed by atoms with Crippen LogP contribution in [0.25, 0.3) is 0 Å². The Morgan fingerprint density at radius 2 is 2.13 bits per heavy atom. The minimum Gasteiger partial charge on any atom is -0.367 e. The first-order valence-corrected chi connectivity index (χ1v) is 10.1. The molecule has 3 rings (SSSR count). The number of halogens is 2. The lowest BCUT2D eigenvalue weighted by Crippen LogP contribution is -2.51. The summed E-state index contributed by atoms with van der Waals surface area (Å²) in [4.78, 5) is 10.8. The highest BCUT2D eigenvalue weighted by atomic mass is 127. The van der Waals surface area contributed by atoms with Crippen LogP contribution in [-0.4, -0.2) is 42.3 Å². The second kappa shape index (κ2) is 10.4. The first-order valence-electron chi connectivity index (χ1n) is 10.1. The van der Waals surface area contributed by atoms with Crippen LogP contribution in [0.5, 0.6) is 0 Å². The van der Waals surface area contributed by atoms with Gasteiger partial charge >= 0.3 is 0 Å². The number of aromatic nitrogens is 2. The molecule has 2 N–H and O–H groups in total. The molecule has 1 saturated heterocycles. The summed E-state index contributed by atoms with van der Waals surface area (Å²) in [7, 11) is 1.73. The Morgan fingerprint density at radius 3 is 2.80 bits per heavy atom. The van der Waals surface area contributed by atoms with E-state index in [1.54, 1.807) is 19.2 Å². The van der Waals surface area contributed by atoms with Gasteiger partial charge in [0.05, 0.1) is 12.2 Å². The first-order chi connectivity index (χ1) is 13.8. The van der Waals surface area contributed by atoms with Gasteiger partial charge in [0.15, 0.2) is 11.8 Å². The third kappa shape index (κ3) is 6.29. The molecule has 0 spiro atoms. The Morgan fingerprint density at radius 1 is 1.37 bits per heavy atom. The number of benzene rings is 1. The Kier molecular flexibility index (Phi) is 8.45. The van der Waals surface area contributed by atoms with Gasteiger partial charge in [0.2, 0.25) is 5.89 Å². The Labute approximate surface area is 194 Å². The summed E-state index contributed by atoms with van der Waals surface area (Å²) in [6, 6.07) is 5.42. The molecule has 1 atom stereocenters. The van der Waals surface area contributed by atoms with Crippen LogP contribution >= 0.6 is 24.0 Å². The third-order valence-corrected chi connectivity index (χ3v) is 4.95. The van der Waals surface area contributed by atoms with E-state index in [2.05, 4.69) is 30.7 Å². The zero-order chi connectivity index (χ0) is 21.0. The number of hydrogen-bond donors (Lipinski definition) is 2. The number of nitrogens with zero attached hydrogens (tertiary/aromatic N) is 4. The van der Waals surface area contributed by atoms with Gasteiger partial charge < -0.3 is 20.1 Å². The zero-order valence-corrected chi connectivity index (χ0v) is 20.7. The molecule has 1 fully saturated rings. The van der Waals surface area contributed by atoms with Crippen LogP contribution in [0.1, 0.15) is 50.9 Å². The van der Waals surface area contributed by atoms with Crippen LogP contribution in [0.15, 0.2) is 27.7 Å². The molecule has 9 heteroatoms. The van der Waals surface area contributed by atoms with Crippen LogP contribution in [0.4, 0.5) is 10.1 Å².